The molecule has 0 fully saturated rings. The Balaban J connectivity index is 1.20. The van der Waals surface area contributed by atoms with Crippen LogP contribution in [0.1, 0.15) is 79.0 Å². The summed E-state index contributed by atoms with van der Waals surface area (Å²) in [6.07, 6.45) is 0. The fourth-order valence-corrected chi connectivity index (χ4v) is 10.2. The van der Waals surface area contributed by atoms with E-state index < -0.39 is 0 Å². The molecule has 0 aliphatic carbocycles. The second-order valence-electron chi connectivity index (χ2n) is 21.5. The van der Waals surface area contributed by atoms with Gasteiger partial charge in [-0.25, -0.2) is 0 Å². The molecule has 2 nitrogen and oxygen atoms in total. The van der Waals surface area contributed by atoms with Gasteiger partial charge in [0, 0.05) is 32.9 Å². The first kappa shape index (κ1) is 41.5. The van der Waals surface area contributed by atoms with Crippen LogP contribution in [-0.4, -0.2) is 4.57 Å². The van der Waals surface area contributed by atoms with Gasteiger partial charge in [-0.15, -0.1) is 0 Å². The molecule has 0 unspecified atom stereocenters. The van der Waals surface area contributed by atoms with Gasteiger partial charge in [0.1, 0.15) is 0 Å². The van der Waals surface area contributed by atoms with Crippen LogP contribution in [0.25, 0.3) is 82.1 Å². The predicted octanol–water partition coefficient (Wildman–Crippen LogP) is 18.4. The Morgan fingerprint density at radius 3 is 1.44 bits per heavy atom. The first-order valence-electron chi connectivity index (χ1n) is 23.6. The lowest BCUT2D eigenvalue weighted by atomic mass is 9.78. The van der Waals surface area contributed by atoms with Crippen LogP contribution < -0.4 is 4.90 Å². The van der Waals surface area contributed by atoms with Gasteiger partial charge in [0.2, 0.25) is 0 Å². The lowest BCUT2D eigenvalue weighted by Gasteiger charge is -2.31. The van der Waals surface area contributed by atoms with Gasteiger partial charge in [-0.2, -0.15) is 0 Å². The zero-order chi connectivity index (χ0) is 45.7. The van der Waals surface area contributed by atoms with E-state index in [1.54, 1.807) is 0 Å². The third-order valence-electron chi connectivity index (χ3n) is 13.9. The van der Waals surface area contributed by atoms with E-state index in [4.69, 9.17) is 0 Å². The van der Waals surface area contributed by atoms with Crippen molar-refractivity contribution in [2.75, 3.05) is 4.90 Å². The van der Waals surface area contributed by atoms with Crippen molar-refractivity contribution in [3.63, 3.8) is 0 Å². The molecule has 324 valence electrons. The predicted molar refractivity (Wildman–Crippen MR) is 286 cm³/mol. The SMILES string of the molecule is CC(C)(C)c1cc(-c2cc(C(C)(C)C)cc(C(C)(C)C)c2)cc(N(c2cccc(-c3ccccc3)c2)c2ccc3ccc4c(-n5c6ccccc6c6ccccc65)ccc5ccc2c3c54)c1. The van der Waals surface area contributed by atoms with E-state index >= 15 is 0 Å². The maximum absolute atomic E-state index is 2.53. The van der Waals surface area contributed by atoms with Crippen LogP contribution in [0.3, 0.4) is 0 Å². The van der Waals surface area contributed by atoms with Gasteiger partial charge in [-0.1, -0.05) is 202 Å². The molecule has 0 saturated heterocycles. The van der Waals surface area contributed by atoms with E-state index in [1.165, 1.54) is 98.8 Å². The number of rotatable bonds is 6. The van der Waals surface area contributed by atoms with Crippen molar-refractivity contribution in [1.29, 1.82) is 0 Å². The summed E-state index contributed by atoms with van der Waals surface area (Å²) in [6.45, 7) is 21.0. The van der Waals surface area contributed by atoms with Crippen molar-refractivity contribution in [1.82, 2.24) is 4.57 Å². The topological polar surface area (TPSA) is 8.17 Å². The normalized spacial score (nSPS) is 12.6. The fourth-order valence-electron chi connectivity index (χ4n) is 10.2. The number of hydrogen-bond donors (Lipinski definition) is 0. The summed E-state index contributed by atoms with van der Waals surface area (Å²) in [5, 5.41) is 10.1. The van der Waals surface area contributed by atoms with Crippen molar-refractivity contribution in [2.45, 2.75) is 78.6 Å². The lowest BCUT2D eigenvalue weighted by Crippen LogP contribution is -2.17. The molecular weight excluding hydrogens is 797 g/mol. The van der Waals surface area contributed by atoms with Crippen molar-refractivity contribution in [3.05, 3.63) is 205 Å². The van der Waals surface area contributed by atoms with Crippen LogP contribution in [0.4, 0.5) is 17.1 Å². The summed E-state index contributed by atoms with van der Waals surface area (Å²) in [6, 6.07) is 70.9. The Hall–Kier alpha value is -7.16. The third kappa shape index (κ3) is 7.02. The molecule has 0 aliphatic heterocycles. The van der Waals surface area contributed by atoms with Crippen LogP contribution in [0.5, 0.6) is 0 Å². The van der Waals surface area contributed by atoms with Gasteiger partial charge in [-0.05, 0) is 125 Å². The van der Waals surface area contributed by atoms with Crippen LogP contribution in [-0.2, 0) is 16.2 Å². The molecule has 11 rings (SSSR count). The molecule has 0 bridgehead atoms. The summed E-state index contributed by atoms with van der Waals surface area (Å²) in [4.78, 5) is 2.53. The fraction of sp³-hybridized carbons (Fsp3) is 0.188. The van der Waals surface area contributed by atoms with Crippen LogP contribution >= 0.6 is 0 Å². The molecule has 0 amide bonds. The Morgan fingerprint density at radius 2 is 0.818 bits per heavy atom. The van der Waals surface area contributed by atoms with Gasteiger partial charge < -0.3 is 9.47 Å². The molecule has 1 aromatic heterocycles. The minimum Gasteiger partial charge on any atom is -0.310 e. The van der Waals surface area contributed by atoms with E-state index in [0.29, 0.717) is 0 Å². The second kappa shape index (κ2) is 15.2. The molecule has 2 heteroatoms. The van der Waals surface area contributed by atoms with Crippen molar-refractivity contribution in [2.24, 2.45) is 0 Å². The van der Waals surface area contributed by atoms with E-state index in [2.05, 4.69) is 260 Å². The Kier molecular flexibility index (Phi) is 9.57. The molecular formula is C64H58N2. The quantitative estimate of drug-likeness (QED) is 0.151. The van der Waals surface area contributed by atoms with Gasteiger partial charge >= 0.3 is 0 Å². The van der Waals surface area contributed by atoms with Crippen LogP contribution in [0, 0.1) is 0 Å². The number of fused-ring (bicyclic) bond motifs is 3. The standard InChI is InChI=1S/C64H58N2/c1-62(2,3)47-34-45(35-48(39-47)63(4,5)6)46-36-49(64(7,8)9)40-51(38-46)65(50-21-17-20-44(37-50)41-18-11-10-12-19-41)58-32-28-42-27-31-55-59(33-29-43-26-30-54(58)60(42)61(43)55)66-56-24-15-13-22-52(56)53-23-14-16-25-57(53)66/h10-40H,1-9H3. The molecule has 0 N–H and O–H groups in total. The summed E-state index contributed by atoms with van der Waals surface area (Å²) < 4.78 is 2.47. The highest BCUT2D eigenvalue weighted by Crippen LogP contribution is 2.48. The molecule has 0 aliphatic rings. The smallest absolute Gasteiger partial charge is 0.0541 e. The third-order valence-corrected chi connectivity index (χ3v) is 13.9. The van der Waals surface area contributed by atoms with Gasteiger partial charge in [0.25, 0.3) is 0 Å². The summed E-state index contributed by atoms with van der Waals surface area (Å²) in [5.41, 5.74) is 15.8. The van der Waals surface area contributed by atoms with Crippen molar-refractivity contribution >= 4 is 71.2 Å². The highest BCUT2D eigenvalue weighted by Gasteiger charge is 2.26. The zero-order valence-corrected chi connectivity index (χ0v) is 39.8. The zero-order valence-electron chi connectivity index (χ0n) is 39.8. The summed E-state index contributed by atoms with van der Waals surface area (Å²) in [5.74, 6) is 0. The molecule has 66 heavy (non-hydrogen) atoms. The van der Waals surface area contributed by atoms with E-state index in [-0.39, 0.29) is 16.2 Å². The molecule has 11 aromatic rings. The van der Waals surface area contributed by atoms with Gasteiger partial charge in [0.15, 0.2) is 0 Å². The molecule has 0 saturated carbocycles. The minimum absolute atomic E-state index is 0.00643. The molecule has 10 aromatic carbocycles. The Bertz CT molecular complexity index is 3550. The first-order chi connectivity index (χ1) is 31.6. The van der Waals surface area contributed by atoms with E-state index in [0.717, 1.165) is 17.1 Å². The largest absolute Gasteiger partial charge is 0.310 e. The number of nitrogens with zero attached hydrogens (tertiary/aromatic N) is 2. The van der Waals surface area contributed by atoms with Gasteiger partial charge in [0.05, 0.1) is 22.4 Å². The van der Waals surface area contributed by atoms with Crippen LogP contribution in [0.2, 0.25) is 0 Å². The maximum atomic E-state index is 2.53. The van der Waals surface area contributed by atoms with Crippen LogP contribution in [0.15, 0.2) is 188 Å². The average molecular weight is 855 g/mol. The highest BCUT2D eigenvalue weighted by molar-refractivity contribution is 6.27. The first-order valence-corrected chi connectivity index (χ1v) is 23.6. The monoisotopic (exact) mass is 854 g/mol. The Morgan fingerprint density at radius 1 is 0.333 bits per heavy atom. The number of anilines is 3. The second-order valence-corrected chi connectivity index (χ2v) is 21.5. The highest BCUT2D eigenvalue weighted by atomic mass is 15.1. The Labute approximate surface area is 390 Å². The van der Waals surface area contributed by atoms with Gasteiger partial charge in [-0.3, -0.25) is 0 Å². The number of hydrogen-bond acceptors (Lipinski definition) is 1. The van der Waals surface area contributed by atoms with E-state index in [1.807, 2.05) is 0 Å². The van der Waals surface area contributed by atoms with E-state index in [9.17, 15) is 0 Å². The lowest BCUT2D eigenvalue weighted by molar-refractivity contribution is 0.569. The summed E-state index contributed by atoms with van der Waals surface area (Å²) in [7, 11) is 0. The number of para-hydroxylation sites is 2. The molecule has 0 atom stereocenters. The van der Waals surface area contributed by atoms with Crippen molar-refractivity contribution in [3.8, 4) is 27.9 Å². The molecule has 1 heterocycles. The average Bonchev–Trinajstić information content (AvgIpc) is 3.64. The summed E-state index contributed by atoms with van der Waals surface area (Å²) >= 11 is 0. The number of aromatic nitrogens is 1. The molecule has 0 radical (unpaired) electrons. The minimum atomic E-state index is -0.108. The molecule has 0 spiro atoms. The van der Waals surface area contributed by atoms with Crippen molar-refractivity contribution < 1.29 is 0 Å². The maximum Gasteiger partial charge on any atom is 0.0541 e. The number of benzene rings is 10.